The summed E-state index contributed by atoms with van der Waals surface area (Å²) in [4.78, 5) is 11.5. The smallest absolute Gasteiger partial charge is 0.216 e. The molecule has 0 unspecified atom stereocenters. The largest absolute Gasteiger partial charge is 0.444 e. The molecule has 6 heteroatoms. The van der Waals surface area contributed by atoms with Gasteiger partial charge in [0.25, 0.3) is 0 Å². The van der Waals surface area contributed by atoms with E-state index in [1.807, 2.05) is 13.8 Å². The van der Waals surface area contributed by atoms with Crippen molar-refractivity contribution in [3.8, 4) is 0 Å². The molecule has 0 aromatic carbocycles. The van der Waals surface area contributed by atoms with E-state index in [0.717, 1.165) is 42.8 Å². The molecule has 25 heavy (non-hydrogen) atoms. The number of rotatable bonds is 8. The lowest BCUT2D eigenvalue weighted by Crippen LogP contribution is -2.38. The lowest BCUT2D eigenvalue weighted by atomic mass is 9.99. The Morgan fingerprint density at radius 3 is 2.64 bits per heavy atom. The molecular formula is C19H35N5O. The quantitative estimate of drug-likeness (QED) is 0.429. The summed E-state index contributed by atoms with van der Waals surface area (Å²) in [6.45, 7) is 14.4. The van der Waals surface area contributed by atoms with E-state index in [9.17, 15) is 0 Å². The van der Waals surface area contributed by atoms with E-state index >= 15 is 0 Å². The van der Waals surface area contributed by atoms with Gasteiger partial charge in [-0.05, 0) is 72.0 Å². The van der Waals surface area contributed by atoms with Crippen molar-refractivity contribution in [3.63, 3.8) is 0 Å². The third-order valence-corrected chi connectivity index (χ3v) is 4.86. The molecule has 0 amide bonds. The summed E-state index contributed by atoms with van der Waals surface area (Å²) in [7, 11) is 0. The van der Waals surface area contributed by atoms with E-state index in [-0.39, 0.29) is 0 Å². The van der Waals surface area contributed by atoms with Crippen molar-refractivity contribution in [1.29, 1.82) is 0 Å². The molecule has 0 bridgehead atoms. The number of guanidine groups is 1. The van der Waals surface area contributed by atoms with E-state index in [1.165, 1.54) is 38.9 Å². The molecule has 0 saturated carbocycles. The predicted molar refractivity (Wildman–Crippen MR) is 103 cm³/mol. The van der Waals surface area contributed by atoms with E-state index in [1.54, 1.807) is 0 Å². The number of piperidine rings is 1. The van der Waals surface area contributed by atoms with Crippen LogP contribution in [0.1, 0.15) is 56.9 Å². The molecular weight excluding hydrogens is 314 g/mol. The van der Waals surface area contributed by atoms with E-state index in [4.69, 9.17) is 4.42 Å². The standard InChI is InChI=1S/C19H35N5O/c1-5-20-19(22-14-18-23-16(3)17(4)25-18)21-10-6-7-11-24-12-8-15(2)9-13-24/h15H,5-14H2,1-4H3,(H2,20,21,22). The Hall–Kier alpha value is -1.56. The minimum atomic E-state index is 0.468. The lowest BCUT2D eigenvalue weighted by molar-refractivity contribution is 0.189. The van der Waals surface area contributed by atoms with Crippen LogP contribution in [0, 0.1) is 19.8 Å². The average molecular weight is 350 g/mol. The number of aliphatic imine (C=N–C) groups is 1. The van der Waals surface area contributed by atoms with Crippen molar-refractivity contribution < 1.29 is 4.42 Å². The van der Waals surface area contributed by atoms with Gasteiger partial charge in [-0.15, -0.1) is 0 Å². The SMILES string of the molecule is CCNC(=NCc1nc(C)c(C)o1)NCCCCN1CCC(C)CC1. The third kappa shape index (κ3) is 7.06. The first-order chi connectivity index (χ1) is 12.1. The molecule has 0 radical (unpaired) electrons. The normalized spacial score (nSPS) is 17.0. The van der Waals surface area contributed by atoms with E-state index in [0.29, 0.717) is 12.4 Å². The molecule has 142 valence electrons. The number of aromatic nitrogens is 1. The highest BCUT2D eigenvalue weighted by Crippen LogP contribution is 2.16. The highest BCUT2D eigenvalue weighted by molar-refractivity contribution is 5.79. The van der Waals surface area contributed by atoms with Crippen LogP contribution in [0.15, 0.2) is 9.41 Å². The fourth-order valence-electron chi connectivity index (χ4n) is 3.05. The van der Waals surface area contributed by atoms with Gasteiger partial charge in [-0.25, -0.2) is 9.98 Å². The van der Waals surface area contributed by atoms with Gasteiger partial charge in [0, 0.05) is 13.1 Å². The topological polar surface area (TPSA) is 65.7 Å². The molecule has 0 atom stereocenters. The summed E-state index contributed by atoms with van der Waals surface area (Å²) < 4.78 is 5.58. The van der Waals surface area contributed by atoms with Crippen LogP contribution in [0.25, 0.3) is 0 Å². The minimum absolute atomic E-state index is 0.468. The fourth-order valence-corrected chi connectivity index (χ4v) is 3.05. The number of oxazole rings is 1. The van der Waals surface area contributed by atoms with Crippen molar-refractivity contribution in [1.82, 2.24) is 20.5 Å². The van der Waals surface area contributed by atoms with Crippen LogP contribution in [0.3, 0.4) is 0 Å². The summed E-state index contributed by atoms with van der Waals surface area (Å²) in [5.41, 5.74) is 0.940. The molecule has 2 rings (SSSR count). The average Bonchev–Trinajstić information content (AvgIpc) is 2.92. The van der Waals surface area contributed by atoms with Gasteiger partial charge in [0.2, 0.25) is 5.89 Å². The first-order valence-corrected chi connectivity index (χ1v) is 9.76. The van der Waals surface area contributed by atoms with Crippen LogP contribution in [0.4, 0.5) is 0 Å². The summed E-state index contributed by atoms with van der Waals surface area (Å²) in [5, 5.41) is 6.69. The fraction of sp³-hybridized carbons (Fsp3) is 0.789. The number of likely N-dealkylation sites (tertiary alicyclic amines) is 1. The maximum atomic E-state index is 5.58. The third-order valence-electron chi connectivity index (χ3n) is 4.86. The Morgan fingerprint density at radius 2 is 2.00 bits per heavy atom. The Bertz CT molecular complexity index is 512. The Balaban J connectivity index is 1.65. The van der Waals surface area contributed by atoms with Gasteiger partial charge >= 0.3 is 0 Å². The number of nitrogens with one attached hydrogen (secondary N) is 2. The van der Waals surface area contributed by atoms with Crippen LogP contribution in [-0.2, 0) is 6.54 Å². The molecule has 1 aromatic heterocycles. The van der Waals surface area contributed by atoms with Crippen LogP contribution >= 0.6 is 0 Å². The molecule has 1 aromatic rings. The minimum Gasteiger partial charge on any atom is -0.444 e. The molecule has 6 nitrogen and oxygen atoms in total. The van der Waals surface area contributed by atoms with Crippen molar-refractivity contribution in [3.05, 3.63) is 17.3 Å². The second kappa shape index (κ2) is 10.4. The molecule has 1 aliphatic heterocycles. The second-order valence-electron chi connectivity index (χ2n) is 7.10. The number of hydrogen-bond donors (Lipinski definition) is 2. The molecule has 2 heterocycles. The molecule has 0 aliphatic carbocycles. The van der Waals surface area contributed by atoms with Crippen molar-refractivity contribution in [2.45, 2.75) is 59.9 Å². The zero-order chi connectivity index (χ0) is 18.1. The van der Waals surface area contributed by atoms with Gasteiger partial charge in [0.05, 0.1) is 5.69 Å². The summed E-state index contributed by atoms with van der Waals surface area (Å²) in [6, 6.07) is 0. The highest BCUT2D eigenvalue weighted by atomic mass is 16.4. The second-order valence-corrected chi connectivity index (χ2v) is 7.10. The number of nitrogens with zero attached hydrogens (tertiary/aromatic N) is 3. The predicted octanol–water partition coefficient (Wildman–Crippen LogP) is 2.86. The van der Waals surface area contributed by atoms with Crippen LogP contribution < -0.4 is 10.6 Å². The maximum Gasteiger partial charge on any atom is 0.216 e. The zero-order valence-electron chi connectivity index (χ0n) is 16.4. The zero-order valence-corrected chi connectivity index (χ0v) is 16.4. The summed E-state index contributed by atoms with van der Waals surface area (Å²) >= 11 is 0. The molecule has 1 aliphatic rings. The van der Waals surface area contributed by atoms with Crippen LogP contribution in [-0.4, -0.2) is 48.6 Å². The molecule has 0 spiro atoms. The van der Waals surface area contributed by atoms with E-state index < -0.39 is 0 Å². The highest BCUT2D eigenvalue weighted by Gasteiger charge is 2.14. The number of aryl methyl sites for hydroxylation is 2. The van der Waals surface area contributed by atoms with Gasteiger partial charge in [-0.1, -0.05) is 6.92 Å². The van der Waals surface area contributed by atoms with Gasteiger partial charge in [0.1, 0.15) is 12.3 Å². The Morgan fingerprint density at radius 1 is 1.24 bits per heavy atom. The Kier molecular flexibility index (Phi) is 8.25. The van der Waals surface area contributed by atoms with Gasteiger partial charge in [-0.3, -0.25) is 0 Å². The van der Waals surface area contributed by atoms with Gasteiger partial charge in [-0.2, -0.15) is 0 Å². The Labute approximate surface area is 152 Å². The monoisotopic (exact) mass is 349 g/mol. The summed E-state index contributed by atoms with van der Waals surface area (Å²) in [5.74, 6) is 3.29. The summed E-state index contributed by atoms with van der Waals surface area (Å²) in [6.07, 6.45) is 5.11. The first-order valence-electron chi connectivity index (χ1n) is 9.76. The number of hydrogen-bond acceptors (Lipinski definition) is 4. The van der Waals surface area contributed by atoms with Crippen LogP contribution in [0.2, 0.25) is 0 Å². The van der Waals surface area contributed by atoms with Gasteiger partial charge in [0.15, 0.2) is 5.96 Å². The van der Waals surface area contributed by atoms with Crippen molar-refractivity contribution >= 4 is 5.96 Å². The van der Waals surface area contributed by atoms with Crippen molar-refractivity contribution in [2.24, 2.45) is 10.9 Å². The molecule has 1 saturated heterocycles. The van der Waals surface area contributed by atoms with Crippen molar-refractivity contribution in [2.75, 3.05) is 32.7 Å². The maximum absolute atomic E-state index is 5.58. The lowest BCUT2D eigenvalue weighted by Gasteiger charge is -2.30. The molecule has 1 fully saturated rings. The van der Waals surface area contributed by atoms with Crippen LogP contribution in [0.5, 0.6) is 0 Å². The van der Waals surface area contributed by atoms with E-state index in [2.05, 4.69) is 39.4 Å². The number of unbranched alkanes of at least 4 members (excludes halogenated alkanes) is 1. The first kappa shape index (κ1) is 19.8. The molecule has 2 N–H and O–H groups in total. The van der Waals surface area contributed by atoms with Gasteiger partial charge < -0.3 is 20.0 Å².